The Kier molecular flexibility index (Phi) is 5.45. The molecule has 0 fully saturated rings. The van der Waals surface area contributed by atoms with Crippen molar-refractivity contribution in [1.82, 2.24) is 5.32 Å². The number of nitrogens with one attached hydrogen (secondary N) is 1. The molecule has 20 heavy (non-hydrogen) atoms. The summed E-state index contributed by atoms with van der Waals surface area (Å²) in [6, 6.07) is 6.23. The lowest BCUT2D eigenvalue weighted by Gasteiger charge is -2.19. The second-order valence-corrected chi connectivity index (χ2v) is 5.54. The van der Waals surface area contributed by atoms with Crippen LogP contribution in [0.1, 0.15) is 50.7 Å². The van der Waals surface area contributed by atoms with Crippen molar-refractivity contribution in [3.05, 3.63) is 29.3 Å². The predicted molar refractivity (Wildman–Crippen MR) is 81.1 cm³/mol. The number of ether oxygens (including phenoxy) is 1. The molecular weight excluding hydrogens is 250 g/mol. The van der Waals surface area contributed by atoms with Gasteiger partial charge in [-0.3, -0.25) is 4.79 Å². The molecule has 1 amide bonds. The molecule has 1 atom stereocenters. The molecule has 1 N–H and O–H groups in total. The van der Waals surface area contributed by atoms with Crippen LogP contribution in [0.4, 0.5) is 0 Å². The molecule has 0 spiro atoms. The van der Waals surface area contributed by atoms with Gasteiger partial charge in [0.1, 0.15) is 5.75 Å². The molecule has 110 valence electrons. The van der Waals surface area contributed by atoms with Gasteiger partial charge in [0.05, 0.1) is 0 Å². The molecule has 1 aliphatic rings. The molecule has 0 radical (unpaired) electrons. The first-order valence-corrected chi connectivity index (χ1v) is 7.77. The minimum atomic E-state index is -0.437. The Balaban J connectivity index is 1.90. The van der Waals surface area contributed by atoms with Crippen LogP contribution in [-0.4, -0.2) is 18.6 Å². The topological polar surface area (TPSA) is 38.3 Å². The lowest BCUT2D eigenvalue weighted by atomic mass is 9.92. The van der Waals surface area contributed by atoms with Gasteiger partial charge in [0, 0.05) is 6.54 Å². The fraction of sp³-hybridized carbons (Fsp3) is 0.588. The Bertz CT molecular complexity index is 456. The highest BCUT2D eigenvalue weighted by atomic mass is 16.5. The van der Waals surface area contributed by atoms with Crippen LogP contribution in [0.25, 0.3) is 0 Å². The quantitative estimate of drug-likeness (QED) is 0.809. The van der Waals surface area contributed by atoms with E-state index in [-0.39, 0.29) is 5.91 Å². The van der Waals surface area contributed by atoms with E-state index in [0.29, 0.717) is 0 Å². The van der Waals surface area contributed by atoms with Gasteiger partial charge in [0.15, 0.2) is 6.10 Å². The van der Waals surface area contributed by atoms with Crippen molar-refractivity contribution in [2.75, 3.05) is 6.54 Å². The van der Waals surface area contributed by atoms with Gasteiger partial charge in [-0.25, -0.2) is 0 Å². The van der Waals surface area contributed by atoms with Crippen LogP contribution in [0.5, 0.6) is 5.75 Å². The molecule has 3 nitrogen and oxygen atoms in total. The van der Waals surface area contributed by atoms with E-state index < -0.39 is 6.10 Å². The first-order valence-electron chi connectivity index (χ1n) is 7.77. The average molecular weight is 275 g/mol. The maximum absolute atomic E-state index is 11.9. The first-order chi connectivity index (χ1) is 9.70. The third-order valence-corrected chi connectivity index (χ3v) is 3.83. The lowest BCUT2D eigenvalue weighted by Crippen LogP contribution is -2.36. The van der Waals surface area contributed by atoms with Crippen LogP contribution in [0.15, 0.2) is 18.2 Å². The van der Waals surface area contributed by atoms with E-state index in [1.54, 1.807) is 6.92 Å². The van der Waals surface area contributed by atoms with Gasteiger partial charge in [-0.2, -0.15) is 0 Å². The van der Waals surface area contributed by atoms with Gasteiger partial charge in [0.25, 0.3) is 5.91 Å². The van der Waals surface area contributed by atoms with Crippen LogP contribution < -0.4 is 10.1 Å². The second kappa shape index (κ2) is 7.32. The minimum Gasteiger partial charge on any atom is -0.481 e. The molecule has 0 aromatic heterocycles. The van der Waals surface area contributed by atoms with Gasteiger partial charge in [-0.05, 0) is 62.3 Å². The number of hydrogen-bond donors (Lipinski definition) is 1. The third-order valence-electron chi connectivity index (χ3n) is 3.83. The minimum absolute atomic E-state index is 0.0313. The Morgan fingerprint density at radius 2 is 2.05 bits per heavy atom. The number of carbonyl (C=O) groups excluding carboxylic acids is 1. The average Bonchev–Trinajstić information content (AvgIpc) is 2.47. The first kappa shape index (κ1) is 14.9. The number of rotatable bonds is 6. The molecule has 0 unspecified atom stereocenters. The zero-order valence-electron chi connectivity index (χ0n) is 12.6. The summed E-state index contributed by atoms with van der Waals surface area (Å²) in [5.41, 5.74) is 2.82. The van der Waals surface area contributed by atoms with Gasteiger partial charge in [-0.15, -0.1) is 0 Å². The van der Waals surface area contributed by atoms with Crippen LogP contribution in [-0.2, 0) is 17.6 Å². The molecule has 1 aromatic rings. The molecule has 0 bridgehead atoms. The smallest absolute Gasteiger partial charge is 0.260 e. The summed E-state index contributed by atoms with van der Waals surface area (Å²) in [4.78, 5) is 11.9. The maximum Gasteiger partial charge on any atom is 0.260 e. The second-order valence-electron chi connectivity index (χ2n) is 5.54. The van der Waals surface area contributed by atoms with Crippen LogP contribution in [0, 0.1) is 0 Å². The highest BCUT2D eigenvalue weighted by molar-refractivity contribution is 5.80. The van der Waals surface area contributed by atoms with E-state index in [1.165, 1.54) is 30.4 Å². The summed E-state index contributed by atoms with van der Waals surface area (Å²) in [7, 11) is 0. The summed E-state index contributed by atoms with van der Waals surface area (Å²) in [5, 5.41) is 2.90. The summed E-state index contributed by atoms with van der Waals surface area (Å²) < 4.78 is 5.76. The number of fused-ring (bicyclic) bond motifs is 1. The number of benzene rings is 1. The molecule has 2 rings (SSSR count). The molecule has 0 saturated heterocycles. The Morgan fingerprint density at radius 3 is 2.80 bits per heavy atom. The molecule has 3 heteroatoms. The van der Waals surface area contributed by atoms with E-state index in [4.69, 9.17) is 4.74 Å². The van der Waals surface area contributed by atoms with Crippen LogP contribution >= 0.6 is 0 Å². The molecule has 0 heterocycles. The van der Waals surface area contributed by atoms with E-state index in [1.807, 2.05) is 6.07 Å². The summed E-state index contributed by atoms with van der Waals surface area (Å²) in [6.07, 6.45) is 6.49. The maximum atomic E-state index is 11.9. The normalized spacial score (nSPS) is 15.3. The fourth-order valence-corrected chi connectivity index (χ4v) is 2.57. The van der Waals surface area contributed by atoms with Crippen molar-refractivity contribution < 1.29 is 9.53 Å². The Hall–Kier alpha value is -1.51. The predicted octanol–water partition coefficient (Wildman–Crippen LogP) is 3.25. The SMILES string of the molecule is CCCCNC(=O)[C@@H](C)Oc1ccc2c(c1)CCCC2. The van der Waals surface area contributed by atoms with Crippen molar-refractivity contribution in [3.8, 4) is 5.75 Å². The summed E-state index contributed by atoms with van der Waals surface area (Å²) >= 11 is 0. The number of aryl methyl sites for hydroxylation is 2. The van der Waals surface area contributed by atoms with Crippen molar-refractivity contribution in [3.63, 3.8) is 0 Å². The zero-order chi connectivity index (χ0) is 14.4. The molecule has 0 aliphatic heterocycles. The van der Waals surface area contributed by atoms with Crippen molar-refractivity contribution in [2.45, 2.75) is 58.5 Å². The van der Waals surface area contributed by atoms with Gasteiger partial charge in [0.2, 0.25) is 0 Å². The van der Waals surface area contributed by atoms with Crippen molar-refractivity contribution in [2.24, 2.45) is 0 Å². The number of unbranched alkanes of at least 4 members (excludes halogenated alkanes) is 1. The highest BCUT2D eigenvalue weighted by Gasteiger charge is 2.15. The van der Waals surface area contributed by atoms with Crippen LogP contribution in [0.3, 0.4) is 0 Å². The zero-order valence-corrected chi connectivity index (χ0v) is 12.6. The lowest BCUT2D eigenvalue weighted by molar-refractivity contribution is -0.127. The molecular formula is C17H25NO2. The Morgan fingerprint density at radius 1 is 1.30 bits per heavy atom. The van der Waals surface area contributed by atoms with Gasteiger partial charge < -0.3 is 10.1 Å². The molecule has 0 saturated carbocycles. The third kappa shape index (κ3) is 3.99. The van der Waals surface area contributed by atoms with E-state index in [2.05, 4.69) is 24.4 Å². The van der Waals surface area contributed by atoms with Crippen molar-refractivity contribution >= 4 is 5.91 Å². The Labute approximate surface area is 121 Å². The van der Waals surface area contributed by atoms with E-state index in [9.17, 15) is 4.79 Å². The molecule has 1 aliphatic carbocycles. The number of hydrogen-bond acceptors (Lipinski definition) is 2. The fourth-order valence-electron chi connectivity index (χ4n) is 2.57. The summed E-state index contributed by atoms with van der Waals surface area (Å²) in [5.74, 6) is 0.778. The van der Waals surface area contributed by atoms with Gasteiger partial charge >= 0.3 is 0 Å². The summed E-state index contributed by atoms with van der Waals surface area (Å²) in [6.45, 7) is 4.65. The monoisotopic (exact) mass is 275 g/mol. The number of carbonyl (C=O) groups is 1. The van der Waals surface area contributed by atoms with E-state index >= 15 is 0 Å². The largest absolute Gasteiger partial charge is 0.481 e. The highest BCUT2D eigenvalue weighted by Crippen LogP contribution is 2.25. The van der Waals surface area contributed by atoms with Crippen LogP contribution in [0.2, 0.25) is 0 Å². The van der Waals surface area contributed by atoms with Gasteiger partial charge in [-0.1, -0.05) is 19.4 Å². The van der Waals surface area contributed by atoms with Crippen molar-refractivity contribution in [1.29, 1.82) is 0 Å². The standard InChI is InChI=1S/C17H25NO2/c1-3-4-11-18-17(19)13(2)20-16-10-9-14-7-5-6-8-15(14)12-16/h9-10,12-13H,3-8,11H2,1-2H3,(H,18,19)/t13-/m1/s1. The molecule has 1 aromatic carbocycles. The van der Waals surface area contributed by atoms with E-state index in [0.717, 1.165) is 31.6 Å². The number of amides is 1.